The summed E-state index contributed by atoms with van der Waals surface area (Å²) in [5.41, 5.74) is 2.42. The van der Waals surface area contributed by atoms with Crippen LogP contribution in [0.15, 0.2) is 23.1 Å². The van der Waals surface area contributed by atoms with Crippen LogP contribution < -0.4 is 10.6 Å². The molecule has 1 unspecified atom stereocenters. The van der Waals surface area contributed by atoms with Gasteiger partial charge in [-0.2, -0.15) is 0 Å². The van der Waals surface area contributed by atoms with Gasteiger partial charge in [0.2, 0.25) is 11.8 Å². The molecule has 0 saturated carbocycles. The second kappa shape index (κ2) is 6.31. The lowest BCUT2D eigenvalue weighted by molar-refractivity contribution is -0.126. The first kappa shape index (κ1) is 14.9. The number of aryl methyl sites for hydroxylation is 1. The maximum atomic E-state index is 12.1. The Labute approximate surface area is 123 Å². The van der Waals surface area contributed by atoms with E-state index in [1.54, 1.807) is 11.8 Å². The van der Waals surface area contributed by atoms with E-state index in [1.807, 2.05) is 20.8 Å². The molecule has 0 radical (unpaired) electrons. The Morgan fingerprint density at radius 1 is 1.40 bits per heavy atom. The van der Waals surface area contributed by atoms with E-state index in [9.17, 15) is 9.59 Å². The number of nitrogens with one attached hydrogen (secondary N) is 2. The van der Waals surface area contributed by atoms with Crippen LogP contribution in [0.4, 0.5) is 0 Å². The average Bonchev–Trinajstić information content (AvgIpc) is 2.78. The summed E-state index contributed by atoms with van der Waals surface area (Å²) in [5.74, 6) is -0.215. The Morgan fingerprint density at radius 2 is 2.15 bits per heavy atom. The fraction of sp³-hybridized carbons (Fsp3) is 0.467. The highest BCUT2D eigenvalue weighted by Gasteiger charge is 2.28. The van der Waals surface area contributed by atoms with Crippen molar-refractivity contribution in [2.75, 3.05) is 6.54 Å². The van der Waals surface area contributed by atoms with Crippen molar-refractivity contribution in [2.45, 2.75) is 43.4 Å². The predicted molar refractivity (Wildman–Crippen MR) is 80.8 cm³/mol. The van der Waals surface area contributed by atoms with Crippen LogP contribution in [0.5, 0.6) is 0 Å². The van der Waals surface area contributed by atoms with Crippen molar-refractivity contribution in [2.24, 2.45) is 0 Å². The number of carbonyl (C=O) groups is 2. The summed E-state index contributed by atoms with van der Waals surface area (Å²) < 4.78 is 0. The molecule has 5 heteroatoms. The predicted octanol–water partition coefficient (Wildman–Crippen LogP) is 1.65. The number of rotatable bonds is 4. The zero-order valence-corrected chi connectivity index (χ0v) is 12.8. The van der Waals surface area contributed by atoms with Gasteiger partial charge in [0.15, 0.2) is 0 Å². The number of amides is 2. The van der Waals surface area contributed by atoms with Crippen LogP contribution in [-0.2, 0) is 16.0 Å². The first-order valence-electron chi connectivity index (χ1n) is 6.79. The lowest BCUT2D eigenvalue weighted by Gasteiger charge is -2.11. The number of benzene rings is 1. The maximum absolute atomic E-state index is 12.1. The molecular weight excluding hydrogens is 272 g/mol. The van der Waals surface area contributed by atoms with Gasteiger partial charge in [-0.25, -0.2) is 0 Å². The number of hydrogen-bond donors (Lipinski definition) is 2. The van der Waals surface area contributed by atoms with Crippen LogP contribution in [0.1, 0.15) is 25.0 Å². The van der Waals surface area contributed by atoms with Crippen molar-refractivity contribution in [3.05, 3.63) is 29.3 Å². The van der Waals surface area contributed by atoms with Gasteiger partial charge in [0.05, 0.1) is 11.8 Å². The summed E-state index contributed by atoms with van der Waals surface area (Å²) in [6.07, 6.45) is 0.734. The van der Waals surface area contributed by atoms with Gasteiger partial charge in [0, 0.05) is 10.9 Å². The molecule has 0 aliphatic carbocycles. The monoisotopic (exact) mass is 292 g/mol. The third-order valence-electron chi connectivity index (χ3n) is 3.06. The highest BCUT2D eigenvalue weighted by atomic mass is 32.2. The summed E-state index contributed by atoms with van der Waals surface area (Å²) in [6, 6.07) is 6.35. The Bertz CT molecular complexity index is 529. The molecule has 20 heavy (non-hydrogen) atoms. The van der Waals surface area contributed by atoms with Crippen LogP contribution in [0, 0.1) is 6.92 Å². The third-order valence-corrected chi connectivity index (χ3v) is 4.36. The minimum atomic E-state index is -0.148. The lowest BCUT2D eigenvalue weighted by Crippen LogP contribution is -2.42. The number of fused-ring (bicyclic) bond motifs is 1. The Hall–Kier alpha value is -1.49. The molecule has 1 aliphatic rings. The zero-order valence-electron chi connectivity index (χ0n) is 12.0. The molecule has 2 N–H and O–H groups in total. The maximum Gasteiger partial charge on any atom is 0.239 e. The van der Waals surface area contributed by atoms with E-state index >= 15 is 0 Å². The van der Waals surface area contributed by atoms with E-state index in [4.69, 9.17) is 0 Å². The number of thioether (sulfide) groups is 1. The van der Waals surface area contributed by atoms with Crippen molar-refractivity contribution in [1.82, 2.24) is 10.6 Å². The standard InChI is InChI=1S/C15H20N2O2S/c1-9(2)17-14(18)8-16-15(19)13-7-11-5-4-10(3)6-12(11)20-13/h4-6,9,13H,7-8H2,1-3H3,(H,16,19)(H,17,18). The minimum Gasteiger partial charge on any atom is -0.352 e. The number of hydrogen-bond acceptors (Lipinski definition) is 3. The highest BCUT2D eigenvalue weighted by molar-refractivity contribution is 8.01. The van der Waals surface area contributed by atoms with Crippen molar-refractivity contribution >= 4 is 23.6 Å². The van der Waals surface area contributed by atoms with Crippen molar-refractivity contribution in [3.63, 3.8) is 0 Å². The molecular formula is C15H20N2O2S. The van der Waals surface area contributed by atoms with Crippen LogP contribution in [-0.4, -0.2) is 29.7 Å². The zero-order chi connectivity index (χ0) is 14.7. The van der Waals surface area contributed by atoms with Crippen LogP contribution in [0.25, 0.3) is 0 Å². The van der Waals surface area contributed by atoms with E-state index in [2.05, 4.69) is 28.8 Å². The highest BCUT2D eigenvalue weighted by Crippen LogP contribution is 2.37. The molecule has 4 nitrogen and oxygen atoms in total. The topological polar surface area (TPSA) is 58.2 Å². The normalized spacial score (nSPS) is 16.9. The Morgan fingerprint density at radius 3 is 2.85 bits per heavy atom. The molecule has 108 valence electrons. The molecule has 0 spiro atoms. The van der Waals surface area contributed by atoms with Gasteiger partial charge in [-0.05, 0) is 38.8 Å². The minimum absolute atomic E-state index is 0.0451. The van der Waals surface area contributed by atoms with Crippen LogP contribution >= 0.6 is 11.8 Å². The molecule has 0 aromatic heterocycles. The fourth-order valence-electron chi connectivity index (χ4n) is 2.14. The number of carbonyl (C=O) groups excluding carboxylic acids is 2. The molecule has 2 rings (SSSR count). The molecule has 0 fully saturated rings. The summed E-state index contributed by atoms with van der Waals surface area (Å²) in [5, 5.41) is 5.33. The van der Waals surface area contributed by atoms with Crippen molar-refractivity contribution in [1.29, 1.82) is 0 Å². The van der Waals surface area contributed by atoms with Crippen molar-refractivity contribution < 1.29 is 9.59 Å². The van der Waals surface area contributed by atoms with Gasteiger partial charge < -0.3 is 10.6 Å². The van der Waals surface area contributed by atoms with Gasteiger partial charge in [0.25, 0.3) is 0 Å². The van der Waals surface area contributed by atoms with E-state index in [-0.39, 0.29) is 29.7 Å². The molecule has 2 amide bonds. The second-order valence-corrected chi connectivity index (χ2v) is 6.61. The first-order valence-corrected chi connectivity index (χ1v) is 7.67. The Balaban J connectivity index is 1.85. The molecule has 1 aromatic carbocycles. The van der Waals surface area contributed by atoms with E-state index in [0.29, 0.717) is 0 Å². The van der Waals surface area contributed by atoms with Gasteiger partial charge in [-0.15, -0.1) is 11.8 Å². The van der Waals surface area contributed by atoms with Crippen LogP contribution in [0.2, 0.25) is 0 Å². The fourth-order valence-corrected chi connectivity index (χ4v) is 3.45. The molecule has 0 bridgehead atoms. The molecule has 1 aliphatic heterocycles. The molecule has 1 atom stereocenters. The molecule has 1 aromatic rings. The lowest BCUT2D eigenvalue weighted by atomic mass is 10.1. The van der Waals surface area contributed by atoms with Gasteiger partial charge in [-0.3, -0.25) is 9.59 Å². The summed E-state index contributed by atoms with van der Waals surface area (Å²) in [7, 11) is 0. The smallest absolute Gasteiger partial charge is 0.239 e. The summed E-state index contributed by atoms with van der Waals surface area (Å²) in [4.78, 5) is 24.8. The first-order chi connectivity index (χ1) is 9.45. The van der Waals surface area contributed by atoms with E-state index in [0.717, 1.165) is 6.42 Å². The second-order valence-electron chi connectivity index (χ2n) is 5.36. The molecule has 1 heterocycles. The summed E-state index contributed by atoms with van der Waals surface area (Å²) >= 11 is 1.58. The van der Waals surface area contributed by atoms with Gasteiger partial charge in [-0.1, -0.05) is 17.7 Å². The average molecular weight is 292 g/mol. The Kier molecular flexibility index (Phi) is 4.70. The largest absolute Gasteiger partial charge is 0.352 e. The van der Waals surface area contributed by atoms with Gasteiger partial charge in [0.1, 0.15) is 0 Å². The SMILES string of the molecule is Cc1ccc2c(c1)SC(C(=O)NCC(=O)NC(C)C)C2. The van der Waals surface area contributed by atoms with E-state index < -0.39 is 0 Å². The van der Waals surface area contributed by atoms with E-state index in [1.165, 1.54) is 16.0 Å². The van der Waals surface area contributed by atoms with Crippen molar-refractivity contribution in [3.8, 4) is 0 Å². The third kappa shape index (κ3) is 3.76. The van der Waals surface area contributed by atoms with Gasteiger partial charge >= 0.3 is 0 Å². The summed E-state index contributed by atoms with van der Waals surface area (Å²) in [6.45, 7) is 5.88. The molecule has 0 saturated heterocycles. The van der Waals surface area contributed by atoms with Crippen LogP contribution in [0.3, 0.4) is 0 Å². The quantitative estimate of drug-likeness (QED) is 0.887.